The second kappa shape index (κ2) is 11.6. The van der Waals surface area contributed by atoms with E-state index in [1.165, 1.54) is 0 Å². The molecule has 4 rings (SSSR count). The molecule has 0 spiro atoms. The average molecular weight is 506 g/mol. The molecule has 1 aliphatic heterocycles. The third-order valence-electron chi connectivity index (χ3n) is 5.48. The van der Waals surface area contributed by atoms with Crippen molar-refractivity contribution in [3.63, 3.8) is 0 Å². The van der Waals surface area contributed by atoms with Crippen molar-refractivity contribution in [1.82, 2.24) is 0 Å². The highest BCUT2D eigenvalue weighted by Crippen LogP contribution is 2.29. The molecule has 4 atom stereocenters. The van der Waals surface area contributed by atoms with Crippen LogP contribution >= 0.6 is 12.2 Å². The van der Waals surface area contributed by atoms with Gasteiger partial charge in [0.05, 0.1) is 16.7 Å². The normalized spacial score (nSPS) is 20.8. The third-order valence-corrected chi connectivity index (χ3v) is 5.72. The summed E-state index contributed by atoms with van der Waals surface area (Å²) in [5.41, 5.74) is 6.79. The summed E-state index contributed by atoms with van der Waals surface area (Å²) in [5, 5.41) is 0. The van der Waals surface area contributed by atoms with Crippen molar-refractivity contribution in [1.29, 1.82) is 0 Å². The zero-order valence-corrected chi connectivity index (χ0v) is 19.8. The minimum absolute atomic E-state index is 0.0986. The fourth-order valence-corrected chi connectivity index (χ4v) is 3.90. The van der Waals surface area contributed by atoms with Crippen LogP contribution in [0.25, 0.3) is 0 Å². The SMILES string of the molecule is NC(=S)[C@@H]1O[C@@H](COC(=O)c2ccccc2)[C@@H](OC(=O)c2ccccc2)[C@@H]1OC(=O)c1ccccc1. The molecule has 0 bridgehead atoms. The topological polar surface area (TPSA) is 114 Å². The number of thiocarbonyl (C=S) groups is 1. The lowest BCUT2D eigenvalue weighted by molar-refractivity contribution is -0.0436. The van der Waals surface area contributed by atoms with Gasteiger partial charge in [0.1, 0.15) is 23.8 Å². The minimum atomic E-state index is -1.16. The Balaban J connectivity index is 1.58. The molecular weight excluding hydrogens is 482 g/mol. The Hall–Kier alpha value is -4.08. The van der Waals surface area contributed by atoms with Gasteiger partial charge in [-0.15, -0.1) is 0 Å². The van der Waals surface area contributed by atoms with Crippen molar-refractivity contribution < 1.29 is 33.3 Å². The second-order valence-corrected chi connectivity index (χ2v) is 8.41. The molecule has 1 heterocycles. The molecule has 0 saturated carbocycles. The number of nitrogens with two attached hydrogens (primary N) is 1. The van der Waals surface area contributed by atoms with E-state index in [0.717, 1.165) is 0 Å². The number of hydrogen-bond acceptors (Lipinski definition) is 8. The summed E-state index contributed by atoms with van der Waals surface area (Å²) in [5.74, 6) is -1.94. The number of rotatable bonds is 8. The van der Waals surface area contributed by atoms with Crippen molar-refractivity contribution in [3.8, 4) is 0 Å². The van der Waals surface area contributed by atoms with Gasteiger partial charge in [-0.3, -0.25) is 0 Å². The van der Waals surface area contributed by atoms with Crippen molar-refractivity contribution in [2.75, 3.05) is 6.61 Å². The molecule has 2 N–H and O–H groups in total. The Kier molecular flexibility index (Phi) is 8.04. The van der Waals surface area contributed by atoms with Crippen LogP contribution in [0.15, 0.2) is 91.0 Å². The van der Waals surface area contributed by atoms with Crippen molar-refractivity contribution in [2.24, 2.45) is 5.73 Å². The number of esters is 3. The number of benzene rings is 3. The van der Waals surface area contributed by atoms with Gasteiger partial charge < -0.3 is 24.7 Å². The maximum Gasteiger partial charge on any atom is 0.338 e. The van der Waals surface area contributed by atoms with Crippen LogP contribution in [-0.4, -0.2) is 53.9 Å². The smallest absolute Gasteiger partial charge is 0.338 e. The average Bonchev–Trinajstić information content (AvgIpc) is 3.25. The van der Waals surface area contributed by atoms with Crippen LogP contribution in [0.1, 0.15) is 31.1 Å². The lowest BCUT2D eigenvalue weighted by atomic mass is 10.1. The quantitative estimate of drug-likeness (QED) is 0.280. The van der Waals surface area contributed by atoms with Crippen molar-refractivity contribution >= 4 is 35.1 Å². The van der Waals surface area contributed by atoms with Gasteiger partial charge in [-0.25, -0.2) is 14.4 Å². The Morgan fingerprint density at radius 2 is 1.11 bits per heavy atom. The van der Waals surface area contributed by atoms with E-state index >= 15 is 0 Å². The summed E-state index contributed by atoms with van der Waals surface area (Å²) in [4.78, 5) is 38.1. The van der Waals surface area contributed by atoms with Crippen LogP contribution in [-0.2, 0) is 18.9 Å². The molecule has 3 aromatic carbocycles. The predicted octanol–water partition coefficient (Wildman–Crippen LogP) is 3.35. The van der Waals surface area contributed by atoms with Crippen LogP contribution in [0.3, 0.4) is 0 Å². The van der Waals surface area contributed by atoms with Crippen LogP contribution in [0.5, 0.6) is 0 Å². The van der Waals surface area contributed by atoms with Gasteiger partial charge in [0.15, 0.2) is 12.2 Å². The molecule has 9 heteroatoms. The first-order valence-corrected chi connectivity index (χ1v) is 11.5. The molecule has 0 amide bonds. The van der Waals surface area contributed by atoms with E-state index in [2.05, 4.69) is 0 Å². The number of carbonyl (C=O) groups excluding carboxylic acids is 3. The molecule has 0 aliphatic carbocycles. The van der Waals surface area contributed by atoms with Gasteiger partial charge in [0.2, 0.25) is 0 Å². The van der Waals surface area contributed by atoms with E-state index in [-0.39, 0.29) is 22.7 Å². The molecule has 1 aliphatic rings. The molecule has 0 radical (unpaired) electrons. The van der Waals surface area contributed by atoms with E-state index in [1.807, 2.05) is 0 Å². The lowest BCUT2D eigenvalue weighted by Gasteiger charge is -2.24. The van der Waals surface area contributed by atoms with Crippen LogP contribution < -0.4 is 5.73 Å². The summed E-state index contributed by atoms with van der Waals surface area (Å²) < 4.78 is 22.7. The fraction of sp³-hybridized carbons (Fsp3) is 0.185. The highest BCUT2D eigenvalue weighted by atomic mass is 32.1. The van der Waals surface area contributed by atoms with Gasteiger partial charge in [0.25, 0.3) is 0 Å². The molecular formula is C27H23NO7S. The summed E-state index contributed by atoms with van der Waals surface area (Å²) in [7, 11) is 0. The molecule has 1 fully saturated rings. The van der Waals surface area contributed by atoms with Crippen LogP contribution in [0, 0.1) is 0 Å². The Labute approximate surface area is 212 Å². The molecule has 0 unspecified atom stereocenters. The molecule has 1 saturated heterocycles. The van der Waals surface area contributed by atoms with Crippen LogP contribution in [0.2, 0.25) is 0 Å². The van der Waals surface area contributed by atoms with E-state index in [4.69, 9.17) is 36.9 Å². The molecule has 36 heavy (non-hydrogen) atoms. The maximum absolute atomic E-state index is 12.9. The highest BCUT2D eigenvalue weighted by Gasteiger charge is 2.51. The first kappa shape index (κ1) is 25.0. The Morgan fingerprint density at radius 1 is 0.694 bits per heavy atom. The van der Waals surface area contributed by atoms with E-state index in [1.54, 1.807) is 91.0 Å². The molecule has 0 aromatic heterocycles. The standard InChI is InChI=1S/C27H23NO7S/c28-24(36)23-22(35-27(31)19-14-8-3-9-15-19)21(34-26(30)18-12-6-2-7-13-18)20(33-23)16-32-25(29)17-10-4-1-5-11-17/h1-15,20-23H,16H2,(H2,28,36)/t20-,21+,22-,23+/m0/s1. The maximum atomic E-state index is 12.9. The van der Waals surface area contributed by atoms with Gasteiger partial charge in [-0.05, 0) is 36.4 Å². The number of hydrogen-bond donors (Lipinski definition) is 1. The summed E-state index contributed by atoms with van der Waals surface area (Å²) in [6.45, 7) is -0.293. The first-order chi connectivity index (χ1) is 17.4. The van der Waals surface area contributed by atoms with Crippen molar-refractivity contribution in [3.05, 3.63) is 108 Å². The van der Waals surface area contributed by atoms with Gasteiger partial charge in [-0.2, -0.15) is 0 Å². The number of carbonyl (C=O) groups is 3. The highest BCUT2D eigenvalue weighted by molar-refractivity contribution is 7.80. The molecule has 3 aromatic rings. The third kappa shape index (κ3) is 5.94. The first-order valence-electron chi connectivity index (χ1n) is 11.1. The summed E-state index contributed by atoms with van der Waals surface area (Å²) in [6, 6.07) is 25.0. The molecule has 184 valence electrons. The summed E-state index contributed by atoms with van der Waals surface area (Å²) >= 11 is 5.14. The van der Waals surface area contributed by atoms with E-state index in [9.17, 15) is 14.4 Å². The zero-order valence-electron chi connectivity index (χ0n) is 19.0. The summed E-state index contributed by atoms with van der Waals surface area (Å²) in [6.07, 6.45) is -4.38. The number of ether oxygens (including phenoxy) is 4. The lowest BCUT2D eigenvalue weighted by Crippen LogP contribution is -2.44. The zero-order chi connectivity index (χ0) is 25.5. The monoisotopic (exact) mass is 505 g/mol. The minimum Gasteiger partial charge on any atom is -0.459 e. The van der Waals surface area contributed by atoms with E-state index < -0.39 is 42.3 Å². The molecule has 8 nitrogen and oxygen atoms in total. The Morgan fingerprint density at radius 3 is 1.56 bits per heavy atom. The van der Waals surface area contributed by atoms with Gasteiger partial charge in [-0.1, -0.05) is 66.8 Å². The van der Waals surface area contributed by atoms with Gasteiger partial charge in [0, 0.05) is 0 Å². The predicted molar refractivity (Wildman–Crippen MR) is 133 cm³/mol. The second-order valence-electron chi connectivity index (χ2n) is 7.93. The van der Waals surface area contributed by atoms with Gasteiger partial charge >= 0.3 is 17.9 Å². The van der Waals surface area contributed by atoms with E-state index in [0.29, 0.717) is 5.56 Å². The Bertz CT molecular complexity index is 1220. The fourth-order valence-electron chi connectivity index (χ4n) is 3.71. The largest absolute Gasteiger partial charge is 0.459 e. The van der Waals surface area contributed by atoms with Crippen LogP contribution in [0.4, 0.5) is 0 Å². The van der Waals surface area contributed by atoms with Crippen molar-refractivity contribution in [2.45, 2.75) is 24.4 Å².